The predicted molar refractivity (Wildman–Crippen MR) is 157 cm³/mol. The molecule has 9 rings (SSSR count). The van der Waals surface area contributed by atoms with Crippen molar-refractivity contribution in [2.45, 2.75) is 26.7 Å². The molecule has 0 aliphatic heterocycles. The van der Waals surface area contributed by atoms with Gasteiger partial charge in [-0.25, -0.2) is 0 Å². The zero-order valence-corrected chi connectivity index (χ0v) is 20.5. The minimum atomic E-state index is 0.996. The molecule has 0 atom stereocenters. The van der Waals surface area contributed by atoms with Gasteiger partial charge in [0.1, 0.15) is 0 Å². The average Bonchev–Trinajstić information content (AvgIpc) is 2.94. The van der Waals surface area contributed by atoms with Gasteiger partial charge >= 0.3 is 0 Å². The van der Waals surface area contributed by atoms with E-state index in [2.05, 4.69) is 98.8 Å². The molecular formula is C36H24. The fraction of sp³-hybridized carbons (Fsp3) is 0.111. The van der Waals surface area contributed by atoms with Crippen molar-refractivity contribution in [3.8, 4) is 0 Å². The van der Waals surface area contributed by atoms with E-state index in [0.29, 0.717) is 0 Å². The zero-order valence-electron chi connectivity index (χ0n) is 20.5. The second-order valence-electron chi connectivity index (χ2n) is 10.8. The van der Waals surface area contributed by atoms with Crippen LogP contribution in [0.3, 0.4) is 0 Å². The van der Waals surface area contributed by atoms with Gasteiger partial charge in [-0.3, -0.25) is 0 Å². The quantitative estimate of drug-likeness (QED) is 0.161. The van der Waals surface area contributed by atoms with Gasteiger partial charge in [-0.05, 0) is 124 Å². The molecule has 0 radical (unpaired) electrons. The summed E-state index contributed by atoms with van der Waals surface area (Å²) in [6.45, 7) is 4.63. The van der Waals surface area contributed by atoms with Gasteiger partial charge < -0.3 is 0 Å². The van der Waals surface area contributed by atoms with Crippen molar-refractivity contribution in [3.63, 3.8) is 0 Å². The van der Waals surface area contributed by atoms with Gasteiger partial charge in [-0.15, -0.1) is 0 Å². The lowest BCUT2D eigenvalue weighted by Gasteiger charge is -2.24. The van der Waals surface area contributed by atoms with E-state index in [1.807, 2.05) is 0 Å². The second-order valence-corrected chi connectivity index (χ2v) is 10.8. The minimum absolute atomic E-state index is 0.996. The standard InChI is InChI=1S/C36H24/c1-19-21-7-3-5-9-25(21)27-15-17-31-32-18-16-28-26-10-6-4-8-22(26)20(2)24-12-14-30(36(32)34(24)28)29-13-11-23(19)33(27)35(29)31/h3-7,9-13,15-18H,8,14H2,1-2H3. The molecule has 0 heterocycles. The van der Waals surface area contributed by atoms with E-state index in [1.165, 1.54) is 97.3 Å². The van der Waals surface area contributed by atoms with Crippen LogP contribution in [0.4, 0.5) is 0 Å². The summed E-state index contributed by atoms with van der Waals surface area (Å²) in [5.41, 5.74) is 5.85. The van der Waals surface area contributed by atoms with E-state index in [1.54, 1.807) is 0 Å². The number of allylic oxidation sites excluding steroid dienone is 2. The Morgan fingerprint density at radius 2 is 1.14 bits per heavy atom. The van der Waals surface area contributed by atoms with Gasteiger partial charge in [-0.2, -0.15) is 0 Å². The van der Waals surface area contributed by atoms with Crippen LogP contribution >= 0.6 is 0 Å². The first-order valence-corrected chi connectivity index (χ1v) is 13.1. The Balaban J connectivity index is 1.59. The molecule has 0 saturated carbocycles. The van der Waals surface area contributed by atoms with Gasteiger partial charge in [0.05, 0.1) is 0 Å². The molecular weight excluding hydrogens is 432 g/mol. The van der Waals surface area contributed by atoms with Crippen LogP contribution in [0.5, 0.6) is 0 Å². The molecule has 0 unspecified atom stereocenters. The first-order chi connectivity index (χ1) is 17.7. The van der Waals surface area contributed by atoms with Crippen molar-refractivity contribution in [1.29, 1.82) is 0 Å². The summed E-state index contributed by atoms with van der Waals surface area (Å²) >= 11 is 0. The third kappa shape index (κ3) is 2.06. The summed E-state index contributed by atoms with van der Waals surface area (Å²) in [5.74, 6) is 0. The smallest absolute Gasteiger partial charge is 0.00171 e. The lowest BCUT2D eigenvalue weighted by atomic mass is 9.80. The molecule has 0 amide bonds. The van der Waals surface area contributed by atoms with E-state index in [0.717, 1.165) is 12.8 Å². The Hall–Kier alpha value is -4.16. The monoisotopic (exact) mass is 456 g/mol. The van der Waals surface area contributed by atoms with Crippen molar-refractivity contribution in [3.05, 3.63) is 106 Å². The molecule has 0 heteroatoms. The summed E-state index contributed by atoms with van der Waals surface area (Å²) < 4.78 is 0. The maximum absolute atomic E-state index is 2.51. The molecule has 0 aromatic heterocycles. The van der Waals surface area contributed by atoms with Crippen LogP contribution in [0.2, 0.25) is 0 Å². The molecule has 7 aromatic rings. The van der Waals surface area contributed by atoms with Crippen LogP contribution in [0, 0.1) is 13.8 Å². The van der Waals surface area contributed by atoms with Gasteiger partial charge in [0, 0.05) is 0 Å². The summed E-state index contributed by atoms with van der Waals surface area (Å²) in [5, 5.41) is 19.8. The van der Waals surface area contributed by atoms with Crippen molar-refractivity contribution in [1.82, 2.24) is 0 Å². The molecule has 0 fully saturated rings. The number of benzene rings is 7. The Labute approximate surface area is 208 Å². The summed E-state index contributed by atoms with van der Waals surface area (Å²) in [6, 6.07) is 23.3. The Kier molecular flexibility index (Phi) is 3.36. The molecule has 2 aliphatic rings. The maximum Gasteiger partial charge on any atom is -0.00171 e. The highest BCUT2D eigenvalue weighted by atomic mass is 14.3. The summed E-state index contributed by atoms with van der Waals surface area (Å²) in [4.78, 5) is 0. The molecule has 0 N–H and O–H groups in total. The van der Waals surface area contributed by atoms with E-state index in [-0.39, 0.29) is 0 Å². The van der Waals surface area contributed by atoms with Crippen LogP contribution in [-0.2, 0) is 12.8 Å². The van der Waals surface area contributed by atoms with Crippen LogP contribution < -0.4 is 10.4 Å². The molecule has 0 spiro atoms. The second kappa shape index (κ2) is 6.33. The van der Waals surface area contributed by atoms with E-state index < -0.39 is 0 Å². The zero-order chi connectivity index (χ0) is 23.7. The van der Waals surface area contributed by atoms with Crippen molar-refractivity contribution >= 4 is 76.8 Å². The lowest BCUT2D eigenvalue weighted by molar-refractivity contribution is 1.17. The third-order valence-corrected chi connectivity index (χ3v) is 9.28. The average molecular weight is 457 g/mol. The van der Waals surface area contributed by atoms with Crippen molar-refractivity contribution < 1.29 is 0 Å². The largest absolute Gasteiger partial charge is 0.0801 e. The number of hydrogen-bond acceptors (Lipinski definition) is 0. The molecule has 168 valence electrons. The van der Waals surface area contributed by atoms with Gasteiger partial charge in [0.2, 0.25) is 0 Å². The summed E-state index contributed by atoms with van der Waals surface area (Å²) in [6.07, 6.45) is 11.4. The van der Waals surface area contributed by atoms with Crippen molar-refractivity contribution in [2.75, 3.05) is 0 Å². The van der Waals surface area contributed by atoms with E-state index in [4.69, 9.17) is 0 Å². The molecule has 2 aliphatic carbocycles. The number of hydrogen-bond donors (Lipinski definition) is 0. The molecule has 0 saturated heterocycles. The summed E-state index contributed by atoms with van der Waals surface area (Å²) in [7, 11) is 0. The maximum atomic E-state index is 2.51. The first kappa shape index (κ1) is 19.1. The molecule has 0 nitrogen and oxygen atoms in total. The van der Waals surface area contributed by atoms with Crippen LogP contribution in [0.25, 0.3) is 76.8 Å². The van der Waals surface area contributed by atoms with Crippen LogP contribution in [0.1, 0.15) is 22.3 Å². The van der Waals surface area contributed by atoms with Crippen LogP contribution in [-0.4, -0.2) is 0 Å². The topological polar surface area (TPSA) is 0 Å². The highest BCUT2D eigenvalue weighted by Crippen LogP contribution is 2.46. The lowest BCUT2D eigenvalue weighted by Crippen LogP contribution is -2.25. The fourth-order valence-corrected chi connectivity index (χ4v) is 7.67. The Bertz CT molecular complexity index is 2310. The SMILES string of the molecule is Cc1c2c(c3ccc4c5ccc6c7ccccc7c(C)c7ccc(c8c4c3c1=CC8)c5c76)=CC=CC2. The van der Waals surface area contributed by atoms with Gasteiger partial charge in [0.15, 0.2) is 0 Å². The Morgan fingerprint density at radius 1 is 0.472 bits per heavy atom. The number of fused-ring (bicyclic) bond motifs is 6. The predicted octanol–water partition coefficient (Wildman–Crippen LogP) is 7.89. The minimum Gasteiger partial charge on any atom is -0.0801 e. The number of rotatable bonds is 0. The van der Waals surface area contributed by atoms with Crippen molar-refractivity contribution in [2.24, 2.45) is 0 Å². The Morgan fingerprint density at radius 3 is 2.00 bits per heavy atom. The fourth-order valence-electron chi connectivity index (χ4n) is 7.67. The van der Waals surface area contributed by atoms with Gasteiger partial charge in [0.25, 0.3) is 0 Å². The number of aryl methyl sites for hydroxylation is 1. The van der Waals surface area contributed by atoms with E-state index in [9.17, 15) is 0 Å². The first-order valence-electron chi connectivity index (χ1n) is 13.1. The highest BCUT2D eigenvalue weighted by Gasteiger charge is 2.22. The van der Waals surface area contributed by atoms with E-state index >= 15 is 0 Å². The normalized spacial score (nSPS) is 14.5. The molecule has 36 heavy (non-hydrogen) atoms. The van der Waals surface area contributed by atoms with Gasteiger partial charge in [-0.1, -0.05) is 85.0 Å². The third-order valence-electron chi connectivity index (χ3n) is 9.28. The van der Waals surface area contributed by atoms with Crippen LogP contribution in [0.15, 0.2) is 72.8 Å². The highest BCUT2D eigenvalue weighted by molar-refractivity contribution is 6.36. The molecule has 0 bridgehead atoms. The molecule has 7 aromatic carbocycles.